The van der Waals surface area contributed by atoms with Gasteiger partial charge in [-0.15, -0.1) is 0 Å². The first kappa shape index (κ1) is 12.7. The molecule has 2 fully saturated rings. The van der Waals surface area contributed by atoms with Crippen LogP contribution >= 0.6 is 27.5 Å². The van der Waals surface area contributed by atoms with Crippen molar-refractivity contribution in [3.63, 3.8) is 0 Å². The van der Waals surface area contributed by atoms with Crippen molar-refractivity contribution in [2.75, 3.05) is 31.2 Å². The molecule has 0 atom stereocenters. The number of hydrogen-bond donors (Lipinski definition) is 0. The van der Waals surface area contributed by atoms with Crippen LogP contribution in [0.3, 0.4) is 0 Å². The van der Waals surface area contributed by atoms with Crippen LogP contribution in [0.4, 0.5) is 10.1 Å². The van der Waals surface area contributed by atoms with Crippen molar-refractivity contribution >= 4 is 33.2 Å². The standard InChI is InChI=1S/C13H14BrClFNO/c14-10-5-9(16)6-11(15)12(10)17-7-13(8-17)1-3-18-4-2-13/h5-6H,1-4,7-8H2. The fourth-order valence-electron chi connectivity index (χ4n) is 2.88. The van der Waals surface area contributed by atoms with Gasteiger partial charge in [0.1, 0.15) is 5.82 Å². The summed E-state index contributed by atoms with van der Waals surface area (Å²) in [5.41, 5.74) is 1.30. The number of ether oxygens (including phenoxy) is 1. The molecule has 0 bridgehead atoms. The Hall–Kier alpha value is -0.320. The second kappa shape index (κ2) is 4.66. The van der Waals surface area contributed by atoms with Crippen LogP contribution in [0.25, 0.3) is 0 Å². The third-order valence-electron chi connectivity index (χ3n) is 3.90. The number of benzene rings is 1. The molecule has 0 aliphatic carbocycles. The van der Waals surface area contributed by atoms with Crippen molar-refractivity contribution in [2.45, 2.75) is 12.8 Å². The SMILES string of the molecule is Fc1cc(Cl)c(N2CC3(CCOCC3)C2)c(Br)c1. The highest BCUT2D eigenvalue weighted by atomic mass is 79.9. The minimum absolute atomic E-state index is 0.308. The lowest BCUT2D eigenvalue weighted by atomic mass is 9.73. The molecule has 2 nitrogen and oxygen atoms in total. The van der Waals surface area contributed by atoms with Crippen LogP contribution in [0.5, 0.6) is 0 Å². The van der Waals surface area contributed by atoms with E-state index in [9.17, 15) is 4.39 Å². The van der Waals surface area contributed by atoms with Crippen molar-refractivity contribution in [3.05, 3.63) is 27.4 Å². The molecule has 0 N–H and O–H groups in total. The third-order valence-corrected chi connectivity index (χ3v) is 4.80. The van der Waals surface area contributed by atoms with E-state index in [0.29, 0.717) is 10.4 Å². The lowest BCUT2D eigenvalue weighted by Crippen LogP contribution is -2.58. The van der Waals surface area contributed by atoms with Gasteiger partial charge < -0.3 is 9.64 Å². The van der Waals surface area contributed by atoms with Gasteiger partial charge in [-0.2, -0.15) is 0 Å². The first-order valence-corrected chi connectivity index (χ1v) is 7.24. The molecule has 2 saturated heterocycles. The quantitative estimate of drug-likeness (QED) is 0.773. The Bertz CT molecular complexity index is 445. The van der Waals surface area contributed by atoms with Gasteiger partial charge in [0.25, 0.3) is 0 Å². The number of rotatable bonds is 1. The van der Waals surface area contributed by atoms with Crippen molar-refractivity contribution in [1.29, 1.82) is 0 Å². The lowest BCUT2D eigenvalue weighted by molar-refractivity contribution is -0.000227. The zero-order valence-electron chi connectivity index (χ0n) is 9.89. The summed E-state index contributed by atoms with van der Waals surface area (Å²) in [6.45, 7) is 3.68. The highest BCUT2D eigenvalue weighted by Gasteiger charge is 2.44. The van der Waals surface area contributed by atoms with Gasteiger partial charge in [0.15, 0.2) is 0 Å². The lowest BCUT2D eigenvalue weighted by Gasteiger charge is -2.53. The molecule has 3 rings (SSSR count). The first-order chi connectivity index (χ1) is 8.60. The summed E-state index contributed by atoms with van der Waals surface area (Å²) in [4.78, 5) is 2.22. The van der Waals surface area contributed by atoms with Gasteiger partial charge in [0.2, 0.25) is 0 Å². The third kappa shape index (κ3) is 2.15. The van der Waals surface area contributed by atoms with Gasteiger partial charge in [-0.1, -0.05) is 11.6 Å². The number of hydrogen-bond acceptors (Lipinski definition) is 2. The monoisotopic (exact) mass is 333 g/mol. The normalized spacial score (nSPS) is 22.1. The van der Waals surface area contributed by atoms with Crippen molar-refractivity contribution in [1.82, 2.24) is 0 Å². The van der Waals surface area contributed by atoms with E-state index in [1.54, 1.807) is 0 Å². The van der Waals surface area contributed by atoms with E-state index in [1.165, 1.54) is 12.1 Å². The average Bonchev–Trinajstić information content (AvgIpc) is 2.26. The van der Waals surface area contributed by atoms with Gasteiger partial charge in [-0.3, -0.25) is 0 Å². The van der Waals surface area contributed by atoms with Gasteiger partial charge >= 0.3 is 0 Å². The van der Waals surface area contributed by atoms with Crippen molar-refractivity contribution < 1.29 is 9.13 Å². The molecule has 1 aromatic rings. The van der Waals surface area contributed by atoms with E-state index < -0.39 is 0 Å². The molecule has 0 saturated carbocycles. The van der Waals surface area contributed by atoms with Crippen LogP contribution < -0.4 is 4.90 Å². The second-order valence-corrected chi connectivity index (χ2v) is 6.45. The molecule has 0 unspecified atom stereocenters. The van der Waals surface area contributed by atoms with Crippen molar-refractivity contribution in [2.24, 2.45) is 5.41 Å². The fourth-order valence-corrected chi connectivity index (χ4v) is 4.00. The van der Waals surface area contributed by atoms with Crippen LogP contribution in [0, 0.1) is 11.2 Å². The van der Waals surface area contributed by atoms with E-state index in [0.717, 1.165) is 49.3 Å². The van der Waals surface area contributed by atoms with Crippen LogP contribution in [0.2, 0.25) is 5.02 Å². The summed E-state index contributed by atoms with van der Waals surface area (Å²) >= 11 is 9.53. The zero-order chi connectivity index (χ0) is 12.8. The Balaban J connectivity index is 1.78. The average molecular weight is 335 g/mol. The molecular weight excluding hydrogens is 321 g/mol. The molecule has 0 aromatic heterocycles. The van der Waals surface area contributed by atoms with E-state index in [1.807, 2.05) is 0 Å². The number of halogens is 3. The van der Waals surface area contributed by atoms with Crippen LogP contribution in [-0.2, 0) is 4.74 Å². The maximum atomic E-state index is 13.2. The highest BCUT2D eigenvalue weighted by Crippen LogP contribution is 2.46. The zero-order valence-corrected chi connectivity index (χ0v) is 12.2. The number of nitrogens with zero attached hydrogens (tertiary/aromatic N) is 1. The summed E-state index contributed by atoms with van der Waals surface area (Å²) in [6, 6.07) is 2.84. The molecule has 1 aromatic carbocycles. The molecule has 5 heteroatoms. The Morgan fingerprint density at radius 1 is 1.28 bits per heavy atom. The van der Waals surface area contributed by atoms with Gasteiger partial charge in [-0.25, -0.2) is 4.39 Å². The minimum Gasteiger partial charge on any atom is -0.381 e. The molecule has 0 radical (unpaired) electrons. The second-order valence-electron chi connectivity index (χ2n) is 5.19. The molecule has 18 heavy (non-hydrogen) atoms. The fraction of sp³-hybridized carbons (Fsp3) is 0.538. The predicted molar refractivity (Wildman–Crippen MR) is 73.8 cm³/mol. The molecular formula is C13H14BrClFNO. The Kier molecular flexibility index (Phi) is 3.28. The highest BCUT2D eigenvalue weighted by molar-refractivity contribution is 9.10. The molecule has 2 heterocycles. The molecule has 1 spiro atoms. The van der Waals surface area contributed by atoms with Crippen LogP contribution in [0.15, 0.2) is 16.6 Å². The number of anilines is 1. The molecule has 98 valence electrons. The van der Waals surface area contributed by atoms with Crippen LogP contribution in [0.1, 0.15) is 12.8 Å². The van der Waals surface area contributed by atoms with E-state index in [-0.39, 0.29) is 5.82 Å². The van der Waals surface area contributed by atoms with Gasteiger partial charge in [-0.05, 0) is 40.9 Å². The maximum absolute atomic E-state index is 13.2. The summed E-state index contributed by atoms with van der Waals surface area (Å²) in [5.74, 6) is -0.308. The van der Waals surface area contributed by atoms with Gasteiger partial charge in [0, 0.05) is 36.2 Å². The molecule has 2 aliphatic heterocycles. The van der Waals surface area contributed by atoms with Gasteiger partial charge in [0.05, 0.1) is 10.7 Å². The summed E-state index contributed by atoms with van der Waals surface area (Å²) in [6.07, 6.45) is 2.22. The van der Waals surface area contributed by atoms with E-state index in [2.05, 4.69) is 20.8 Å². The molecule has 2 aliphatic rings. The van der Waals surface area contributed by atoms with E-state index >= 15 is 0 Å². The Labute approximate surface area is 119 Å². The minimum atomic E-state index is -0.308. The van der Waals surface area contributed by atoms with Crippen molar-refractivity contribution in [3.8, 4) is 0 Å². The predicted octanol–water partition coefficient (Wildman–Crippen LogP) is 3.86. The topological polar surface area (TPSA) is 12.5 Å². The summed E-state index contributed by atoms with van der Waals surface area (Å²) in [5, 5.41) is 0.476. The van der Waals surface area contributed by atoms with E-state index in [4.69, 9.17) is 16.3 Å². The largest absolute Gasteiger partial charge is 0.381 e. The summed E-state index contributed by atoms with van der Waals surface area (Å²) < 4.78 is 19.3. The molecule has 0 amide bonds. The first-order valence-electron chi connectivity index (χ1n) is 6.07. The Morgan fingerprint density at radius 2 is 1.94 bits per heavy atom. The summed E-state index contributed by atoms with van der Waals surface area (Å²) in [7, 11) is 0. The maximum Gasteiger partial charge on any atom is 0.125 e. The smallest absolute Gasteiger partial charge is 0.125 e. The van der Waals surface area contributed by atoms with Crippen LogP contribution in [-0.4, -0.2) is 26.3 Å². The Morgan fingerprint density at radius 3 is 2.56 bits per heavy atom.